The molecule has 0 bridgehead atoms. The number of nitrogens with two attached hydrogens (primary N) is 1. The predicted molar refractivity (Wildman–Crippen MR) is 112 cm³/mol. The summed E-state index contributed by atoms with van der Waals surface area (Å²) in [7, 11) is 0. The molecule has 0 spiro atoms. The van der Waals surface area contributed by atoms with Crippen molar-refractivity contribution in [2.75, 3.05) is 26.4 Å². The molecule has 7 heteroatoms. The lowest BCUT2D eigenvalue weighted by Crippen LogP contribution is -2.48. The van der Waals surface area contributed by atoms with Gasteiger partial charge in [0.1, 0.15) is 0 Å². The highest BCUT2D eigenvalue weighted by molar-refractivity contribution is 6.34. The Morgan fingerprint density at radius 2 is 2.07 bits per heavy atom. The van der Waals surface area contributed by atoms with Gasteiger partial charge >= 0.3 is 0 Å². The van der Waals surface area contributed by atoms with E-state index in [1.807, 2.05) is 22.7 Å². The summed E-state index contributed by atoms with van der Waals surface area (Å²) in [4.78, 5) is 2.49. The summed E-state index contributed by atoms with van der Waals surface area (Å²) in [5.74, 6) is 0. The highest BCUT2D eigenvalue weighted by Crippen LogP contribution is 2.25. The van der Waals surface area contributed by atoms with Crippen LogP contribution in [0.5, 0.6) is 0 Å². The second-order valence-corrected chi connectivity index (χ2v) is 7.71. The standard InChI is InChI=1S/C21H26ClN5O/c1-15-11-26(9-8-24-15)12-16-2-4-17(5-3-16)20-6-7-21-19(22)10-18(13-28-14-23)27(21)25-20/h2-7,10,15,24H,8-9,11-14,23H2,1H3. The molecule has 1 aliphatic rings. The second-order valence-electron chi connectivity index (χ2n) is 7.30. The minimum Gasteiger partial charge on any atom is -0.360 e. The largest absolute Gasteiger partial charge is 0.360 e. The summed E-state index contributed by atoms with van der Waals surface area (Å²) in [5.41, 5.74) is 10.5. The number of ether oxygens (including phenoxy) is 1. The first-order chi connectivity index (χ1) is 13.6. The van der Waals surface area contributed by atoms with Gasteiger partial charge in [0, 0.05) is 37.8 Å². The van der Waals surface area contributed by atoms with Gasteiger partial charge < -0.3 is 15.8 Å². The maximum absolute atomic E-state index is 6.32. The van der Waals surface area contributed by atoms with E-state index in [1.165, 1.54) is 5.56 Å². The third-order valence-corrected chi connectivity index (χ3v) is 5.42. The number of fused-ring (bicyclic) bond motifs is 1. The highest BCUT2D eigenvalue weighted by atomic mass is 35.5. The Hall–Kier alpha value is -1.96. The SMILES string of the molecule is CC1CN(Cc2ccc(-c3ccc4c(Cl)cc(COCN)n4n3)cc2)CCN1. The molecule has 4 rings (SSSR count). The van der Waals surface area contributed by atoms with Crippen LogP contribution in [0, 0.1) is 0 Å². The smallest absolute Gasteiger partial charge is 0.0945 e. The number of aromatic nitrogens is 2. The molecule has 1 aliphatic heterocycles. The number of hydrogen-bond donors (Lipinski definition) is 2. The van der Waals surface area contributed by atoms with Crippen molar-refractivity contribution >= 4 is 17.1 Å². The van der Waals surface area contributed by atoms with Crippen LogP contribution in [0.25, 0.3) is 16.8 Å². The zero-order chi connectivity index (χ0) is 19.5. The van der Waals surface area contributed by atoms with Gasteiger partial charge in [-0.1, -0.05) is 35.9 Å². The average molecular weight is 400 g/mol. The van der Waals surface area contributed by atoms with Crippen molar-refractivity contribution in [1.82, 2.24) is 19.8 Å². The van der Waals surface area contributed by atoms with Gasteiger partial charge in [-0.3, -0.25) is 4.90 Å². The van der Waals surface area contributed by atoms with E-state index in [4.69, 9.17) is 27.2 Å². The van der Waals surface area contributed by atoms with Crippen molar-refractivity contribution in [2.24, 2.45) is 5.73 Å². The summed E-state index contributed by atoms with van der Waals surface area (Å²) in [6, 6.07) is 15.1. The maximum atomic E-state index is 6.32. The molecular formula is C21H26ClN5O. The van der Waals surface area contributed by atoms with Crippen LogP contribution in [-0.2, 0) is 17.9 Å². The zero-order valence-corrected chi connectivity index (χ0v) is 16.8. The first-order valence-electron chi connectivity index (χ1n) is 9.64. The number of nitrogens with zero attached hydrogens (tertiary/aromatic N) is 3. The van der Waals surface area contributed by atoms with Crippen molar-refractivity contribution < 1.29 is 4.74 Å². The zero-order valence-electron chi connectivity index (χ0n) is 16.1. The molecule has 148 valence electrons. The molecule has 0 radical (unpaired) electrons. The van der Waals surface area contributed by atoms with Crippen molar-refractivity contribution in [2.45, 2.75) is 26.1 Å². The van der Waals surface area contributed by atoms with E-state index in [1.54, 1.807) is 0 Å². The minimum absolute atomic E-state index is 0.165. The van der Waals surface area contributed by atoms with Gasteiger partial charge in [-0.15, -0.1) is 0 Å². The number of hydrogen-bond acceptors (Lipinski definition) is 5. The first kappa shape index (κ1) is 19.4. The lowest BCUT2D eigenvalue weighted by molar-refractivity contribution is 0.123. The highest BCUT2D eigenvalue weighted by Gasteiger charge is 2.15. The van der Waals surface area contributed by atoms with Crippen molar-refractivity contribution in [3.05, 3.63) is 58.7 Å². The second kappa shape index (κ2) is 8.59. The van der Waals surface area contributed by atoms with E-state index in [2.05, 4.69) is 41.4 Å². The van der Waals surface area contributed by atoms with Crippen LogP contribution in [0.4, 0.5) is 0 Å². The Balaban J connectivity index is 1.54. The van der Waals surface area contributed by atoms with Crippen molar-refractivity contribution in [1.29, 1.82) is 0 Å². The molecule has 1 fully saturated rings. The van der Waals surface area contributed by atoms with Crippen LogP contribution in [0.3, 0.4) is 0 Å². The van der Waals surface area contributed by atoms with E-state index in [-0.39, 0.29) is 6.73 Å². The fourth-order valence-electron chi connectivity index (χ4n) is 3.72. The molecule has 3 aromatic rings. The molecular weight excluding hydrogens is 374 g/mol. The van der Waals surface area contributed by atoms with Crippen molar-refractivity contribution in [3.8, 4) is 11.3 Å². The summed E-state index contributed by atoms with van der Waals surface area (Å²) >= 11 is 6.32. The Labute approximate surface area is 170 Å². The van der Waals surface area contributed by atoms with Gasteiger partial charge in [0.05, 0.1) is 35.3 Å². The Bertz CT molecular complexity index is 940. The van der Waals surface area contributed by atoms with Gasteiger partial charge in [-0.2, -0.15) is 5.10 Å². The Kier molecular flexibility index (Phi) is 5.94. The van der Waals surface area contributed by atoms with Crippen LogP contribution in [0.2, 0.25) is 5.02 Å². The molecule has 1 saturated heterocycles. The van der Waals surface area contributed by atoms with Gasteiger partial charge in [0.15, 0.2) is 0 Å². The molecule has 3 N–H and O–H groups in total. The van der Waals surface area contributed by atoms with Crippen LogP contribution >= 0.6 is 11.6 Å². The number of benzene rings is 1. The van der Waals surface area contributed by atoms with E-state index in [0.717, 1.165) is 48.6 Å². The number of halogens is 1. The van der Waals surface area contributed by atoms with E-state index in [0.29, 0.717) is 17.7 Å². The summed E-state index contributed by atoms with van der Waals surface area (Å²) in [5, 5.41) is 8.91. The van der Waals surface area contributed by atoms with E-state index < -0.39 is 0 Å². The van der Waals surface area contributed by atoms with Crippen LogP contribution < -0.4 is 11.1 Å². The quantitative estimate of drug-likeness (QED) is 0.624. The predicted octanol–water partition coefficient (Wildman–Crippen LogP) is 2.88. The lowest BCUT2D eigenvalue weighted by atomic mass is 10.1. The van der Waals surface area contributed by atoms with Gasteiger partial charge in [-0.05, 0) is 30.7 Å². The van der Waals surface area contributed by atoms with E-state index in [9.17, 15) is 0 Å². The third-order valence-electron chi connectivity index (χ3n) is 5.12. The van der Waals surface area contributed by atoms with Gasteiger partial charge in [0.25, 0.3) is 0 Å². The summed E-state index contributed by atoms with van der Waals surface area (Å²) in [6.07, 6.45) is 0. The lowest BCUT2D eigenvalue weighted by Gasteiger charge is -2.31. The first-order valence-corrected chi connectivity index (χ1v) is 10.0. The summed E-state index contributed by atoms with van der Waals surface area (Å²) < 4.78 is 7.17. The van der Waals surface area contributed by atoms with Crippen LogP contribution in [-0.4, -0.2) is 46.9 Å². The fraction of sp³-hybridized carbons (Fsp3) is 0.381. The van der Waals surface area contributed by atoms with Gasteiger partial charge in [0.2, 0.25) is 0 Å². The van der Waals surface area contributed by atoms with Crippen LogP contribution in [0.1, 0.15) is 18.2 Å². The molecule has 0 saturated carbocycles. The molecule has 1 unspecified atom stereocenters. The fourth-order valence-corrected chi connectivity index (χ4v) is 3.99. The number of nitrogens with one attached hydrogen (secondary N) is 1. The number of piperazine rings is 1. The van der Waals surface area contributed by atoms with Crippen LogP contribution in [0.15, 0.2) is 42.5 Å². The Morgan fingerprint density at radius 3 is 2.82 bits per heavy atom. The molecule has 1 atom stereocenters. The molecule has 0 aliphatic carbocycles. The average Bonchev–Trinajstić information content (AvgIpc) is 3.02. The summed E-state index contributed by atoms with van der Waals surface area (Å²) in [6.45, 7) is 6.98. The third kappa shape index (κ3) is 4.21. The van der Waals surface area contributed by atoms with Gasteiger partial charge in [-0.25, -0.2) is 4.52 Å². The molecule has 1 aromatic carbocycles. The monoisotopic (exact) mass is 399 g/mol. The van der Waals surface area contributed by atoms with Crippen molar-refractivity contribution in [3.63, 3.8) is 0 Å². The molecule has 3 heterocycles. The maximum Gasteiger partial charge on any atom is 0.0945 e. The number of rotatable bonds is 6. The molecule has 0 amide bonds. The normalized spacial score (nSPS) is 18.0. The molecule has 28 heavy (non-hydrogen) atoms. The minimum atomic E-state index is 0.165. The Morgan fingerprint density at radius 1 is 1.25 bits per heavy atom. The topological polar surface area (TPSA) is 67.8 Å². The molecule has 2 aromatic heterocycles. The molecule has 6 nitrogen and oxygen atoms in total. The van der Waals surface area contributed by atoms with E-state index >= 15 is 0 Å².